The molecule has 16 heavy (non-hydrogen) atoms. The van der Waals surface area contributed by atoms with Crippen molar-refractivity contribution in [1.82, 2.24) is 9.97 Å². The molecule has 0 saturated heterocycles. The number of aliphatic hydroxyl groups is 1. The summed E-state index contributed by atoms with van der Waals surface area (Å²) in [7, 11) is 0. The van der Waals surface area contributed by atoms with Gasteiger partial charge in [0.1, 0.15) is 11.4 Å². The van der Waals surface area contributed by atoms with E-state index in [1.165, 1.54) is 18.1 Å². The summed E-state index contributed by atoms with van der Waals surface area (Å²) in [6, 6.07) is 7.37. The van der Waals surface area contributed by atoms with Crippen LogP contribution in [0.1, 0.15) is 5.56 Å². The largest absolute Gasteiger partial charge is 0.392 e. The molecule has 5 heteroatoms. The van der Waals surface area contributed by atoms with Gasteiger partial charge in [0.2, 0.25) is 0 Å². The van der Waals surface area contributed by atoms with E-state index in [0.717, 1.165) is 15.5 Å². The fraction of sp³-hybridized carbons (Fsp3) is 0.0909. The number of hydrogen-bond donors (Lipinski definition) is 1. The molecule has 82 valence electrons. The summed E-state index contributed by atoms with van der Waals surface area (Å²) >= 11 is 7.49. The Morgan fingerprint density at radius 1 is 1.31 bits per heavy atom. The first-order chi connectivity index (χ1) is 7.79. The predicted octanol–water partition coefficient (Wildman–Crippen LogP) is 2.77. The average Bonchev–Trinajstić information content (AvgIpc) is 2.31. The zero-order valence-electron chi connectivity index (χ0n) is 8.30. The van der Waals surface area contributed by atoms with Crippen molar-refractivity contribution >= 4 is 23.4 Å². The number of aliphatic hydroxyl groups excluding tert-OH is 1. The summed E-state index contributed by atoms with van der Waals surface area (Å²) in [6.07, 6.45) is 3.20. The van der Waals surface area contributed by atoms with Crippen LogP contribution in [0.2, 0.25) is 5.02 Å². The second-order valence-electron chi connectivity index (χ2n) is 3.06. The quantitative estimate of drug-likeness (QED) is 0.854. The third-order valence-corrected chi connectivity index (χ3v) is 3.26. The van der Waals surface area contributed by atoms with E-state index >= 15 is 0 Å². The maximum Gasteiger partial charge on any atom is 0.116 e. The first kappa shape index (κ1) is 11.4. The first-order valence-electron chi connectivity index (χ1n) is 4.63. The minimum Gasteiger partial charge on any atom is -0.392 e. The van der Waals surface area contributed by atoms with Crippen molar-refractivity contribution in [2.24, 2.45) is 0 Å². The fourth-order valence-corrected chi connectivity index (χ4v) is 2.27. The lowest BCUT2D eigenvalue weighted by Gasteiger charge is -2.04. The molecule has 2 rings (SSSR count). The summed E-state index contributed by atoms with van der Waals surface area (Å²) < 4.78 is 0. The van der Waals surface area contributed by atoms with Gasteiger partial charge in [0.15, 0.2) is 0 Å². The van der Waals surface area contributed by atoms with E-state index in [1.807, 2.05) is 24.3 Å². The molecule has 0 aliphatic heterocycles. The fourth-order valence-electron chi connectivity index (χ4n) is 1.18. The van der Waals surface area contributed by atoms with E-state index in [-0.39, 0.29) is 6.61 Å². The van der Waals surface area contributed by atoms with Gasteiger partial charge < -0.3 is 5.11 Å². The molecular weight excluding hydrogens is 244 g/mol. The minimum absolute atomic E-state index is 0.0444. The summed E-state index contributed by atoms with van der Waals surface area (Å²) in [6.45, 7) is -0.0444. The van der Waals surface area contributed by atoms with Gasteiger partial charge in [-0.25, -0.2) is 9.97 Å². The SMILES string of the molecule is OCc1ccc(Sc2ccncn2)cc1Cl. The van der Waals surface area contributed by atoms with Crippen LogP contribution in [0.25, 0.3) is 0 Å². The average molecular weight is 253 g/mol. The van der Waals surface area contributed by atoms with Gasteiger partial charge in [0.25, 0.3) is 0 Å². The van der Waals surface area contributed by atoms with Crippen LogP contribution in [0.5, 0.6) is 0 Å². The Kier molecular flexibility index (Phi) is 3.77. The molecule has 1 aromatic heterocycles. The molecule has 1 N–H and O–H groups in total. The number of halogens is 1. The van der Waals surface area contributed by atoms with Crippen molar-refractivity contribution in [3.63, 3.8) is 0 Å². The summed E-state index contributed by atoms with van der Waals surface area (Å²) in [4.78, 5) is 8.94. The van der Waals surface area contributed by atoms with Crippen molar-refractivity contribution in [3.8, 4) is 0 Å². The van der Waals surface area contributed by atoms with Gasteiger partial charge in [-0.3, -0.25) is 0 Å². The van der Waals surface area contributed by atoms with Gasteiger partial charge in [0.05, 0.1) is 6.61 Å². The number of nitrogens with zero attached hydrogens (tertiary/aromatic N) is 2. The third-order valence-electron chi connectivity index (χ3n) is 1.97. The molecule has 2 aromatic rings. The lowest BCUT2D eigenvalue weighted by atomic mass is 10.2. The Hall–Kier alpha value is -1.10. The van der Waals surface area contributed by atoms with E-state index in [2.05, 4.69) is 9.97 Å². The molecule has 0 bridgehead atoms. The third kappa shape index (κ3) is 2.72. The molecule has 0 aliphatic rings. The van der Waals surface area contributed by atoms with Gasteiger partial charge in [-0.05, 0) is 23.8 Å². The molecule has 0 spiro atoms. The van der Waals surface area contributed by atoms with Gasteiger partial charge in [-0.1, -0.05) is 29.4 Å². The van der Waals surface area contributed by atoms with Gasteiger partial charge in [0, 0.05) is 16.1 Å². The van der Waals surface area contributed by atoms with Crippen LogP contribution in [0.15, 0.2) is 46.7 Å². The molecule has 0 saturated carbocycles. The van der Waals surface area contributed by atoms with E-state index in [1.54, 1.807) is 6.20 Å². The zero-order chi connectivity index (χ0) is 11.4. The van der Waals surface area contributed by atoms with Gasteiger partial charge in [-0.15, -0.1) is 0 Å². The molecule has 0 aliphatic carbocycles. The summed E-state index contributed by atoms with van der Waals surface area (Å²) in [5.41, 5.74) is 0.730. The molecule has 0 unspecified atom stereocenters. The van der Waals surface area contributed by atoms with E-state index < -0.39 is 0 Å². The molecule has 0 atom stereocenters. The van der Waals surface area contributed by atoms with Gasteiger partial charge in [-0.2, -0.15) is 0 Å². The van der Waals surface area contributed by atoms with Crippen LogP contribution < -0.4 is 0 Å². The highest BCUT2D eigenvalue weighted by molar-refractivity contribution is 7.99. The topological polar surface area (TPSA) is 46.0 Å². The highest BCUT2D eigenvalue weighted by Crippen LogP contribution is 2.29. The molecule has 1 heterocycles. The standard InChI is InChI=1S/C11H9ClN2OS/c12-10-5-9(2-1-8(10)6-15)16-11-3-4-13-7-14-11/h1-5,7,15H,6H2. The maximum absolute atomic E-state index is 8.99. The number of rotatable bonds is 3. The van der Waals surface area contributed by atoms with Crippen LogP contribution in [0.4, 0.5) is 0 Å². The Balaban J connectivity index is 2.20. The minimum atomic E-state index is -0.0444. The van der Waals surface area contributed by atoms with Crippen LogP contribution in [0, 0.1) is 0 Å². The second-order valence-corrected chi connectivity index (χ2v) is 4.56. The molecule has 1 aromatic carbocycles. The van der Waals surface area contributed by atoms with Crippen LogP contribution in [0.3, 0.4) is 0 Å². The number of aromatic nitrogens is 2. The number of hydrogen-bond acceptors (Lipinski definition) is 4. The summed E-state index contributed by atoms with van der Waals surface area (Å²) in [5.74, 6) is 0. The van der Waals surface area contributed by atoms with Crippen molar-refractivity contribution in [1.29, 1.82) is 0 Å². The van der Waals surface area contributed by atoms with E-state index in [0.29, 0.717) is 5.02 Å². The van der Waals surface area contributed by atoms with Gasteiger partial charge >= 0.3 is 0 Å². The molecule has 0 fully saturated rings. The molecule has 0 amide bonds. The highest BCUT2D eigenvalue weighted by Gasteiger charge is 2.03. The van der Waals surface area contributed by atoms with E-state index in [4.69, 9.17) is 16.7 Å². The van der Waals surface area contributed by atoms with Crippen LogP contribution in [-0.2, 0) is 6.61 Å². The van der Waals surface area contributed by atoms with E-state index in [9.17, 15) is 0 Å². The Bertz CT molecular complexity index is 479. The van der Waals surface area contributed by atoms with Crippen molar-refractivity contribution in [2.45, 2.75) is 16.5 Å². The lowest BCUT2D eigenvalue weighted by molar-refractivity contribution is 0.282. The zero-order valence-corrected chi connectivity index (χ0v) is 9.87. The second kappa shape index (κ2) is 5.30. The predicted molar refractivity (Wildman–Crippen MR) is 63.5 cm³/mol. The van der Waals surface area contributed by atoms with Crippen LogP contribution >= 0.6 is 23.4 Å². The Morgan fingerprint density at radius 3 is 2.81 bits per heavy atom. The smallest absolute Gasteiger partial charge is 0.116 e. The Labute approximate surface area is 103 Å². The lowest BCUT2D eigenvalue weighted by Crippen LogP contribution is -1.85. The monoisotopic (exact) mass is 252 g/mol. The normalized spacial score (nSPS) is 10.4. The maximum atomic E-state index is 8.99. The summed E-state index contributed by atoms with van der Waals surface area (Å²) in [5, 5.41) is 10.4. The number of benzene rings is 1. The van der Waals surface area contributed by atoms with Crippen molar-refractivity contribution in [2.75, 3.05) is 0 Å². The Morgan fingerprint density at radius 2 is 2.19 bits per heavy atom. The van der Waals surface area contributed by atoms with Crippen molar-refractivity contribution < 1.29 is 5.11 Å². The highest BCUT2D eigenvalue weighted by atomic mass is 35.5. The molecule has 3 nitrogen and oxygen atoms in total. The first-order valence-corrected chi connectivity index (χ1v) is 5.82. The van der Waals surface area contributed by atoms with Crippen LogP contribution in [-0.4, -0.2) is 15.1 Å². The van der Waals surface area contributed by atoms with Crippen molar-refractivity contribution in [3.05, 3.63) is 47.4 Å². The molecule has 0 radical (unpaired) electrons. The molecular formula is C11H9ClN2OS.